The molecule has 4 saturated heterocycles. The van der Waals surface area contributed by atoms with Crippen LogP contribution in [0.25, 0.3) is 11.1 Å². The number of benzene rings is 3. The minimum absolute atomic E-state index is 0.0345. The molecule has 3 aromatic carbocycles. The Hall–Kier alpha value is -3.57. The van der Waals surface area contributed by atoms with E-state index in [-0.39, 0.29) is 63.6 Å². The predicted molar refractivity (Wildman–Crippen MR) is 171 cm³/mol. The first kappa shape index (κ1) is 29.8. The van der Waals surface area contributed by atoms with E-state index in [1.165, 1.54) is 4.90 Å². The summed E-state index contributed by atoms with van der Waals surface area (Å²) < 4.78 is 33.4. The zero-order valence-electron chi connectivity index (χ0n) is 24.9. The Morgan fingerprint density at radius 1 is 1.00 bits per heavy atom. The number of carboxylic acids is 1. The molecule has 0 aromatic heterocycles. The Morgan fingerprint density at radius 3 is 2.41 bits per heavy atom. The fraction of sp³-hybridized carbons (Fsp3) is 0.412. The third-order valence-electron chi connectivity index (χ3n) is 9.98. The van der Waals surface area contributed by atoms with E-state index >= 15 is 4.39 Å². The van der Waals surface area contributed by atoms with Gasteiger partial charge in [0.25, 0.3) is 5.91 Å². The first-order chi connectivity index (χ1) is 22.2. The van der Waals surface area contributed by atoms with Crippen LogP contribution in [0.1, 0.15) is 52.0 Å². The maximum Gasteiger partial charge on any atom is 0.337 e. The number of hydrogen-bond acceptors (Lipinski definition) is 7. The van der Waals surface area contributed by atoms with Gasteiger partial charge in [-0.1, -0.05) is 41.4 Å². The molecule has 0 saturated carbocycles. The molecular weight excluding hydrogens is 636 g/mol. The predicted octanol–water partition coefficient (Wildman–Crippen LogP) is 6.23. The van der Waals surface area contributed by atoms with Gasteiger partial charge in [0.2, 0.25) is 0 Å². The zero-order chi connectivity index (χ0) is 31.7. The van der Waals surface area contributed by atoms with Crippen molar-refractivity contribution >= 4 is 46.5 Å². The molecule has 3 aromatic rings. The van der Waals surface area contributed by atoms with Gasteiger partial charge in [0.05, 0.1) is 58.7 Å². The lowest BCUT2D eigenvalue weighted by Crippen LogP contribution is -2.61. The lowest BCUT2D eigenvalue weighted by Gasteiger charge is -2.48. The number of morpholine rings is 1. The van der Waals surface area contributed by atoms with Gasteiger partial charge >= 0.3 is 5.97 Å². The van der Waals surface area contributed by atoms with Crippen LogP contribution in [0.15, 0.2) is 42.5 Å². The number of anilines is 2. The quantitative estimate of drug-likeness (QED) is 0.343. The smallest absolute Gasteiger partial charge is 0.337 e. The summed E-state index contributed by atoms with van der Waals surface area (Å²) in [5.41, 5.74) is 2.75. The molecule has 5 aliphatic rings. The fourth-order valence-corrected chi connectivity index (χ4v) is 8.37. The van der Waals surface area contributed by atoms with Crippen molar-refractivity contribution in [3.8, 4) is 16.9 Å². The van der Waals surface area contributed by atoms with E-state index < -0.39 is 11.8 Å². The van der Waals surface area contributed by atoms with Gasteiger partial charge in [-0.3, -0.25) is 4.79 Å². The van der Waals surface area contributed by atoms with Crippen LogP contribution in [0, 0.1) is 5.82 Å². The molecule has 0 aliphatic carbocycles. The first-order valence-corrected chi connectivity index (χ1v) is 16.3. The van der Waals surface area contributed by atoms with Gasteiger partial charge in [-0.05, 0) is 49.9 Å². The van der Waals surface area contributed by atoms with E-state index in [4.69, 9.17) is 37.4 Å². The van der Waals surface area contributed by atoms with Crippen molar-refractivity contribution in [3.63, 3.8) is 0 Å². The highest BCUT2D eigenvalue weighted by Crippen LogP contribution is 2.44. The van der Waals surface area contributed by atoms with Crippen LogP contribution >= 0.6 is 23.2 Å². The van der Waals surface area contributed by atoms with Crippen molar-refractivity contribution in [3.05, 3.63) is 75.0 Å². The van der Waals surface area contributed by atoms with Crippen LogP contribution < -0.4 is 14.5 Å². The maximum atomic E-state index is 15.7. The fourth-order valence-electron chi connectivity index (χ4n) is 7.73. The van der Waals surface area contributed by atoms with Crippen LogP contribution in [0.3, 0.4) is 0 Å². The number of halogens is 3. The summed E-state index contributed by atoms with van der Waals surface area (Å²) in [5.74, 6) is -1.78. The molecular formula is C34H32Cl2FN3O6. The summed E-state index contributed by atoms with van der Waals surface area (Å²) in [5, 5.41) is 10.5. The molecule has 5 heterocycles. The molecule has 4 fully saturated rings. The minimum atomic E-state index is -1.19. The van der Waals surface area contributed by atoms with Gasteiger partial charge in [0.1, 0.15) is 17.2 Å². The van der Waals surface area contributed by atoms with Gasteiger partial charge in [-0.15, -0.1) is 0 Å². The second kappa shape index (κ2) is 11.3. The van der Waals surface area contributed by atoms with Crippen LogP contribution in [0.4, 0.5) is 15.8 Å². The Labute approximate surface area is 275 Å². The van der Waals surface area contributed by atoms with E-state index in [0.717, 1.165) is 57.1 Å². The Kier molecular flexibility index (Phi) is 7.32. The molecule has 1 spiro atoms. The van der Waals surface area contributed by atoms with Gasteiger partial charge in [-0.25, -0.2) is 9.18 Å². The topological polar surface area (TPSA) is 91.8 Å². The van der Waals surface area contributed by atoms with E-state index in [1.807, 2.05) is 6.07 Å². The maximum absolute atomic E-state index is 15.7. The molecule has 2 atom stereocenters. The first-order valence-electron chi connectivity index (χ1n) is 15.6. The number of hydrogen-bond donors (Lipinski definition) is 1. The van der Waals surface area contributed by atoms with Crippen LogP contribution in [0.2, 0.25) is 10.0 Å². The minimum Gasteiger partial charge on any atom is -0.478 e. The highest BCUT2D eigenvalue weighted by molar-refractivity contribution is 6.40. The summed E-state index contributed by atoms with van der Waals surface area (Å²) in [4.78, 5) is 31.7. The third-order valence-corrected chi connectivity index (χ3v) is 10.6. The number of carboxylic acid groups (broad SMARTS) is 1. The summed E-state index contributed by atoms with van der Waals surface area (Å²) in [6.07, 6.45) is 3.87. The summed E-state index contributed by atoms with van der Waals surface area (Å²) in [7, 11) is 0. The number of fused-ring (bicyclic) bond motifs is 3. The molecule has 240 valence electrons. The molecule has 1 N–H and O–H groups in total. The average molecular weight is 669 g/mol. The second-order valence-corrected chi connectivity index (χ2v) is 13.6. The molecule has 1 amide bonds. The van der Waals surface area contributed by atoms with Crippen LogP contribution in [0.5, 0.6) is 5.75 Å². The number of rotatable bonds is 5. The Balaban J connectivity index is 1.06. The standard InChI is InChI=1S/C34H32Cl2FN3O6/c35-26-9-22(39-16-34(17-39)7-2-8-46-34)10-27(36)30(26)32(41)38-13-19-3-1-4-23(31(19)45-18-38)24-12-29(25(33(42)43)11-28(24)37)40-20-5-6-21(40)15-44-14-20/h1,3-4,9-12,20-21H,2,5-8,13-18H2,(H,42,43). The van der Waals surface area contributed by atoms with E-state index in [1.54, 1.807) is 30.3 Å². The van der Waals surface area contributed by atoms with Crippen LogP contribution in [-0.4, -0.2) is 79.2 Å². The van der Waals surface area contributed by atoms with Gasteiger partial charge in [0.15, 0.2) is 6.73 Å². The Morgan fingerprint density at radius 2 is 1.74 bits per heavy atom. The number of aromatic carboxylic acids is 1. The summed E-state index contributed by atoms with van der Waals surface area (Å²) >= 11 is 13.3. The molecule has 8 rings (SSSR count). The van der Waals surface area contributed by atoms with E-state index in [9.17, 15) is 14.7 Å². The Bertz CT molecular complexity index is 1720. The van der Waals surface area contributed by atoms with Crippen molar-refractivity contribution in [2.24, 2.45) is 0 Å². The number of carbonyl (C=O) groups excluding carboxylic acids is 1. The zero-order valence-corrected chi connectivity index (χ0v) is 26.5. The second-order valence-electron chi connectivity index (χ2n) is 12.8. The molecule has 0 radical (unpaired) electrons. The molecule has 9 nitrogen and oxygen atoms in total. The van der Waals surface area contributed by atoms with Crippen molar-refractivity contribution in [2.45, 2.75) is 49.9 Å². The molecule has 5 aliphatic heterocycles. The number of para-hydroxylation sites is 1. The largest absolute Gasteiger partial charge is 0.478 e. The van der Waals surface area contributed by atoms with E-state index in [2.05, 4.69) is 9.80 Å². The van der Waals surface area contributed by atoms with Crippen molar-refractivity contribution in [1.29, 1.82) is 0 Å². The van der Waals surface area contributed by atoms with Crippen molar-refractivity contribution in [1.82, 2.24) is 4.90 Å². The highest BCUT2D eigenvalue weighted by atomic mass is 35.5. The van der Waals surface area contributed by atoms with Crippen molar-refractivity contribution < 1.29 is 33.3 Å². The SMILES string of the molecule is O=C(O)c1cc(F)c(-c2cccc3c2OCN(C(=O)c2c(Cl)cc(N4CC5(CCCO5)C4)cc2Cl)C3)cc1N1C2CCC1COC2. The van der Waals surface area contributed by atoms with Crippen molar-refractivity contribution in [2.75, 3.05) is 49.4 Å². The number of carbonyl (C=O) groups is 2. The average Bonchev–Trinajstić information content (AvgIpc) is 3.61. The number of ether oxygens (including phenoxy) is 3. The summed E-state index contributed by atoms with van der Waals surface area (Å²) in [6.45, 7) is 3.41. The highest BCUT2D eigenvalue weighted by Gasteiger charge is 2.47. The van der Waals surface area contributed by atoms with Crippen LogP contribution in [-0.2, 0) is 16.0 Å². The summed E-state index contributed by atoms with van der Waals surface area (Å²) in [6, 6.07) is 11.6. The van der Waals surface area contributed by atoms with Gasteiger partial charge in [-0.2, -0.15) is 0 Å². The third kappa shape index (κ3) is 4.89. The molecule has 46 heavy (non-hydrogen) atoms. The monoisotopic (exact) mass is 667 g/mol. The lowest BCUT2D eigenvalue weighted by molar-refractivity contribution is -0.0180. The number of amides is 1. The normalized spacial score (nSPS) is 22.9. The molecule has 2 bridgehead atoms. The van der Waals surface area contributed by atoms with E-state index in [0.29, 0.717) is 35.8 Å². The molecule has 12 heteroatoms. The number of nitrogens with zero attached hydrogens (tertiary/aromatic N) is 3. The van der Waals surface area contributed by atoms with Gasteiger partial charge in [0, 0.05) is 42.1 Å². The lowest BCUT2D eigenvalue weighted by atomic mass is 9.90. The van der Waals surface area contributed by atoms with Gasteiger partial charge < -0.3 is 34.0 Å². The molecule has 2 unspecified atom stereocenters.